The monoisotopic (exact) mass is 234 g/mol. The Bertz CT molecular complexity index is 383. The van der Waals surface area contributed by atoms with E-state index in [0.29, 0.717) is 5.92 Å². The predicted octanol–water partition coefficient (Wildman–Crippen LogP) is 2.74. The Kier molecular flexibility index (Phi) is 3.67. The number of carboxylic acid groups (broad SMARTS) is 1. The van der Waals surface area contributed by atoms with E-state index < -0.39 is 5.97 Å². The molecule has 0 amide bonds. The molecule has 1 aliphatic rings. The molecule has 1 aliphatic carbocycles. The lowest BCUT2D eigenvalue weighted by Gasteiger charge is -2.33. The molecular formula is C14H18O3. The van der Waals surface area contributed by atoms with Crippen molar-refractivity contribution in [2.75, 3.05) is 7.11 Å². The van der Waals surface area contributed by atoms with Gasteiger partial charge in [0.15, 0.2) is 0 Å². The van der Waals surface area contributed by atoms with E-state index in [9.17, 15) is 4.79 Å². The van der Waals surface area contributed by atoms with Gasteiger partial charge in [-0.05, 0) is 49.3 Å². The lowest BCUT2D eigenvalue weighted by atomic mass is 9.71. The minimum absolute atomic E-state index is 0.103. The van der Waals surface area contributed by atoms with Crippen molar-refractivity contribution in [3.63, 3.8) is 0 Å². The summed E-state index contributed by atoms with van der Waals surface area (Å²) in [5, 5.41) is 8.95. The second-order valence-corrected chi connectivity index (χ2v) is 4.67. The Balaban J connectivity index is 1.83. The van der Waals surface area contributed by atoms with Crippen LogP contribution in [0.1, 0.15) is 24.8 Å². The minimum atomic E-state index is -0.629. The molecule has 0 saturated heterocycles. The van der Waals surface area contributed by atoms with Crippen LogP contribution in [0.25, 0.3) is 0 Å². The molecule has 0 spiro atoms. The molecule has 1 aromatic rings. The number of benzene rings is 1. The fraction of sp³-hybridized carbons (Fsp3) is 0.500. The molecule has 1 saturated carbocycles. The lowest BCUT2D eigenvalue weighted by molar-refractivity contribution is -0.147. The van der Waals surface area contributed by atoms with Gasteiger partial charge < -0.3 is 9.84 Å². The number of aliphatic carboxylic acids is 1. The molecule has 3 nitrogen and oxygen atoms in total. The zero-order chi connectivity index (χ0) is 12.3. The van der Waals surface area contributed by atoms with Crippen LogP contribution in [-0.4, -0.2) is 18.2 Å². The highest BCUT2D eigenvalue weighted by Gasteiger charge is 2.35. The molecule has 3 heteroatoms. The van der Waals surface area contributed by atoms with Crippen LogP contribution < -0.4 is 4.74 Å². The number of carboxylic acids is 1. The van der Waals surface area contributed by atoms with E-state index in [4.69, 9.17) is 9.84 Å². The maximum atomic E-state index is 10.9. The van der Waals surface area contributed by atoms with E-state index in [1.165, 1.54) is 5.56 Å². The summed E-state index contributed by atoms with van der Waals surface area (Å²) in [5.41, 5.74) is 1.25. The van der Waals surface area contributed by atoms with Gasteiger partial charge in [-0.2, -0.15) is 0 Å². The smallest absolute Gasteiger partial charge is 0.306 e. The standard InChI is InChI=1S/C14H18O3/c1-17-12-7-3-10(4-8-12)2-5-11-6-9-13(11)14(15)16/h3-4,7-8,11,13H,2,5-6,9H2,1H3,(H,15,16). The first-order chi connectivity index (χ1) is 8.20. The van der Waals surface area contributed by atoms with E-state index in [-0.39, 0.29) is 5.92 Å². The average Bonchev–Trinajstić information content (AvgIpc) is 2.28. The van der Waals surface area contributed by atoms with Gasteiger partial charge >= 0.3 is 5.97 Å². The van der Waals surface area contributed by atoms with Crippen molar-refractivity contribution < 1.29 is 14.6 Å². The molecule has 92 valence electrons. The van der Waals surface area contributed by atoms with Crippen molar-refractivity contribution in [2.24, 2.45) is 11.8 Å². The second-order valence-electron chi connectivity index (χ2n) is 4.67. The van der Waals surface area contributed by atoms with Crippen LogP contribution in [-0.2, 0) is 11.2 Å². The van der Waals surface area contributed by atoms with Gasteiger partial charge in [0.25, 0.3) is 0 Å². The molecule has 0 heterocycles. The molecule has 17 heavy (non-hydrogen) atoms. The van der Waals surface area contributed by atoms with Gasteiger partial charge in [0, 0.05) is 0 Å². The largest absolute Gasteiger partial charge is 0.497 e. The van der Waals surface area contributed by atoms with Gasteiger partial charge in [-0.1, -0.05) is 12.1 Å². The molecule has 1 N–H and O–H groups in total. The van der Waals surface area contributed by atoms with Gasteiger partial charge in [0.1, 0.15) is 5.75 Å². The summed E-state index contributed by atoms with van der Waals surface area (Å²) in [6.07, 6.45) is 3.84. The summed E-state index contributed by atoms with van der Waals surface area (Å²) in [6, 6.07) is 8.00. The number of rotatable bonds is 5. The van der Waals surface area contributed by atoms with Gasteiger partial charge in [-0.15, -0.1) is 0 Å². The Hall–Kier alpha value is -1.51. The van der Waals surface area contributed by atoms with Crippen LogP contribution in [0.4, 0.5) is 0 Å². The Morgan fingerprint density at radius 2 is 2.06 bits per heavy atom. The summed E-state index contributed by atoms with van der Waals surface area (Å²) in [5.74, 6) is 0.500. The third kappa shape index (κ3) is 2.78. The number of methoxy groups -OCH3 is 1. The normalized spacial score (nSPS) is 22.9. The predicted molar refractivity (Wildman–Crippen MR) is 65.2 cm³/mol. The molecule has 1 fully saturated rings. The molecule has 2 rings (SSSR count). The molecule has 0 aromatic heterocycles. The van der Waals surface area contributed by atoms with Gasteiger partial charge in [-0.3, -0.25) is 4.79 Å². The van der Waals surface area contributed by atoms with Crippen LogP contribution >= 0.6 is 0 Å². The van der Waals surface area contributed by atoms with Crippen molar-refractivity contribution in [3.8, 4) is 5.75 Å². The summed E-state index contributed by atoms with van der Waals surface area (Å²) < 4.78 is 5.10. The molecular weight excluding hydrogens is 216 g/mol. The third-order valence-corrected chi connectivity index (χ3v) is 3.70. The number of aryl methyl sites for hydroxylation is 1. The number of carbonyl (C=O) groups is 1. The minimum Gasteiger partial charge on any atom is -0.497 e. The molecule has 1 aromatic carbocycles. The van der Waals surface area contributed by atoms with Crippen molar-refractivity contribution in [2.45, 2.75) is 25.7 Å². The molecule has 0 aliphatic heterocycles. The third-order valence-electron chi connectivity index (χ3n) is 3.70. The number of ether oxygens (including phenoxy) is 1. The van der Waals surface area contributed by atoms with Crippen LogP contribution in [0.3, 0.4) is 0 Å². The highest BCUT2D eigenvalue weighted by Crippen LogP contribution is 2.37. The lowest BCUT2D eigenvalue weighted by Crippen LogP contribution is -2.32. The van der Waals surface area contributed by atoms with Crippen LogP contribution in [0, 0.1) is 11.8 Å². The zero-order valence-electron chi connectivity index (χ0n) is 10.1. The van der Waals surface area contributed by atoms with Crippen molar-refractivity contribution >= 4 is 5.97 Å². The number of hydrogen-bond acceptors (Lipinski definition) is 2. The Labute approximate surface area is 101 Å². The van der Waals surface area contributed by atoms with Crippen molar-refractivity contribution in [1.29, 1.82) is 0 Å². The van der Waals surface area contributed by atoms with Gasteiger partial charge in [-0.25, -0.2) is 0 Å². The van der Waals surface area contributed by atoms with Gasteiger partial charge in [0.05, 0.1) is 13.0 Å². The van der Waals surface area contributed by atoms with E-state index in [1.807, 2.05) is 24.3 Å². The highest BCUT2D eigenvalue weighted by atomic mass is 16.5. The summed E-state index contributed by atoms with van der Waals surface area (Å²) >= 11 is 0. The van der Waals surface area contributed by atoms with Crippen LogP contribution in [0.2, 0.25) is 0 Å². The maximum Gasteiger partial charge on any atom is 0.306 e. The fourth-order valence-corrected chi connectivity index (χ4v) is 2.38. The second kappa shape index (κ2) is 5.21. The Morgan fingerprint density at radius 1 is 1.35 bits per heavy atom. The zero-order valence-corrected chi connectivity index (χ0v) is 10.1. The van der Waals surface area contributed by atoms with E-state index in [1.54, 1.807) is 7.11 Å². The van der Waals surface area contributed by atoms with Crippen LogP contribution in [0.5, 0.6) is 5.75 Å². The van der Waals surface area contributed by atoms with E-state index in [2.05, 4.69) is 0 Å². The quantitative estimate of drug-likeness (QED) is 0.852. The SMILES string of the molecule is COc1ccc(CCC2CCC2C(=O)O)cc1. The summed E-state index contributed by atoms with van der Waals surface area (Å²) in [6.45, 7) is 0. The first kappa shape index (κ1) is 12.0. The van der Waals surface area contributed by atoms with Crippen molar-refractivity contribution in [1.82, 2.24) is 0 Å². The molecule has 0 bridgehead atoms. The topological polar surface area (TPSA) is 46.5 Å². The first-order valence-corrected chi connectivity index (χ1v) is 6.06. The first-order valence-electron chi connectivity index (χ1n) is 6.06. The number of hydrogen-bond donors (Lipinski definition) is 1. The molecule has 0 radical (unpaired) electrons. The van der Waals surface area contributed by atoms with E-state index in [0.717, 1.165) is 31.4 Å². The maximum absolute atomic E-state index is 10.9. The molecule has 2 unspecified atom stereocenters. The fourth-order valence-electron chi connectivity index (χ4n) is 2.38. The van der Waals surface area contributed by atoms with Crippen molar-refractivity contribution in [3.05, 3.63) is 29.8 Å². The van der Waals surface area contributed by atoms with Crippen LogP contribution in [0.15, 0.2) is 24.3 Å². The Morgan fingerprint density at radius 3 is 2.53 bits per heavy atom. The van der Waals surface area contributed by atoms with E-state index >= 15 is 0 Å². The summed E-state index contributed by atoms with van der Waals surface area (Å²) in [7, 11) is 1.65. The molecule has 2 atom stereocenters. The highest BCUT2D eigenvalue weighted by molar-refractivity contribution is 5.71. The van der Waals surface area contributed by atoms with Gasteiger partial charge in [0.2, 0.25) is 0 Å². The average molecular weight is 234 g/mol. The summed E-state index contributed by atoms with van der Waals surface area (Å²) in [4.78, 5) is 10.9.